The maximum absolute atomic E-state index is 12.4. The highest BCUT2D eigenvalue weighted by Crippen LogP contribution is 2.20. The molecule has 0 aliphatic carbocycles. The second-order valence-corrected chi connectivity index (χ2v) is 7.86. The van der Waals surface area contributed by atoms with Crippen molar-refractivity contribution in [3.05, 3.63) is 71.5 Å². The fourth-order valence-electron chi connectivity index (χ4n) is 3.06. The van der Waals surface area contributed by atoms with Gasteiger partial charge in [-0.05, 0) is 43.5 Å². The van der Waals surface area contributed by atoms with Gasteiger partial charge in [0.05, 0.1) is 11.8 Å². The number of rotatable bonds is 10. The maximum atomic E-state index is 12.4. The molecule has 0 aliphatic heterocycles. The van der Waals surface area contributed by atoms with Crippen LogP contribution in [0.25, 0.3) is 0 Å². The van der Waals surface area contributed by atoms with Crippen molar-refractivity contribution < 1.29 is 9.53 Å². The number of carbonyl (C=O) groups excluding carboxylic acids is 1. The Morgan fingerprint density at radius 2 is 1.83 bits per heavy atom. The number of hydrogen-bond donors (Lipinski definition) is 1. The summed E-state index contributed by atoms with van der Waals surface area (Å²) >= 11 is 1.39. The topological polar surface area (TPSA) is 69.0 Å². The number of amides is 1. The van der Waals surface area contributed by atoms with Crippen LogP contribution in [0.4, 0.5) is 0 Å². The SMILES string of the molecule is CCc1ccc(OCc2nnc(SCC(=O)NC(C)c3ccccc3)n2CC)cc1. The number of thioether (sulfide) groups is 1. The second kappa shape index (κ2) is 10.8. The van der Waals surface area contributed by atoms with Crippen LogP contribution in [0.1, 0.15) is 43.8 Å². The largest absolute Gasteiger partial charge is 0.486 e. The average molecular weight is 425 g/mol. The first-order valence-corrected chi connectivity index (χ1v) is 11.2. The van der Waals surface area contributed by atoms with Gasteiger partial charge in [0.15, 0.2) is 11.0 Å². The number of nitrogens with one attached hydrogen (secondary N) is 1. The summed E-state index contributed by atoms with van der Waals surface area (Å²) in [5, 5.41) is 12.3. The molecule has 0 bridgehead atoms. The number of ether oxygens (including phenoxy) is 1. The van der Waals surface area contributed by atoms with Crippen molar-refractivity contribution in [3.8, 4) is 5.75 Å². The first-order valence-electron chi connectivity index (χ1n) is 10.2. The van der Waals surface area contributed by atoms with Crippen LogP contribution in [0.15, 0.2) is 59.8 Å². The van der Waals surface area contributed by atoms with E-state index < -0.39 is 0 Å². The molecule has 1 unspecified atom stereocenters. The summed E-state index contributed by atoms with van der Waals surface area (Å²) in [6.07, 6.45) is 1.00. The maximum Gasteiger partial charge on any atom is 0.230 e. The van der Waals surface area contributed by atoms with E-state index in [1.165, 1.54) is 17.3 Å². The van der Waals surface area contributed by atoms with Gasteiger partial charge in [-0.3, -0.25) is 4.79 Å². The molecule has 7 heteroatoms. The van der Waals surface area contributed by atoms with Crippen molar-refractivity contribution in [2.24, 2.45) is 0 Å². The lowest BCUT2D eigenvalue weighted by Gasteiger charge is -2.14. The minimum absolute atomic E-state index is 0.0316. The number of aromatic nitrogens is 3. The molecule has 158 valence electrons. The Bertz CT molecular complexity index is 942. The summed E-state index contributed by atoms with van der Waals surface area (Å²) < 4.78 is 7.85. The van der Waals surface area contributed by atoms with Gasteiger partial charge in [0.25, 0.3) is 0 Å². The molecule has 1 N–H and O–H groups in total. The van der Waals surface area contributed by atoms with E-state index >= 15 is 0 Å². The lowest BCUT2D eigenvalue weighted by molar-refractivity contribution is -0.119. The van der Waals surface area contributed by atoms with Gasteiger partial charge in [0.2, 0.25) is 5.91 Å². The highest BCUT2D eigenvalue weighted by molar-refractivity contribution is 7.99. The molecule has 0 saturated carbocycles. The predicted octanol–water partition coefficient (Wildman–Crippen LogP) is 4.41. The van der Waals surface area contributed by atoms with Crippen LogP contribution in [-0.2, 0) is 24.4 Å². The van der Waals surface area contributed by atoms with Gasteiger partial charge in [0, 0.05) is 6.54 Å². The highest BCUT2D eigenvalue weighted by atomic mass is 32.2. The Hall–Kier alpha value is -2.80. The Balaban J connectivity index is 1.53. The molecule has 6 nitrogen and oxygen atoms in total. The minimum Gasteiger partial charge on any atom is -0.486 e. The number of aryl methyl sites for hydroxylation is 1. The lowest BCUT2D eigenvalue weighted by Crippen LogP contribution is -2.28. The predicted molar refractivity (Wildman–Crippen MR) is 120 cm³/mol. The molecule has 0 spiro atoms. The molecule has 30 heavy (non-hydrogen) atoms. The number of benzene rings is 2. The lowest BCUT2D eigenvalue weighted by atomic mass is 10.1. The molecule has 1 aromatic heterocycles. The van der Waals surface area contributed by atoms with Crippen molar-refractivity contribution in [3.63, 3.8) is 0 Å². The van der Waals surface area contributed by atoms with Gasteiger partial charge >= 0.3 is 0 Å². The van der Waals surface area contributed by atoms with Gasteiger partial charge in [-0.15, -0.1) is 10.2 Å². The summed E-state index contributed by atoms with van der Waals surface area (Å²) in [5.74, 6) is 1.81. The Morgan fingerprint density at radius 1 is 1.10 bits per heavy atom. The van der Waals surface area contributed by atoms with Gasteiger partial charge in [-0.2, -0.15) is 0 Å². The minimum atomic E-state index is -0.0357. The van der Waals surface area contributed by atoms with Crippen LogP contribution in [0.5, 0.6) is 5.75 Å². The zero-order chi connectivity index (χ0) is 21.3. The van der Waals surface area contributed by atoms with Crippen LogP contribution < -0.4 is 10.1 Å². The number of hydrogen-bond acceptors (Lipinski definition) is 5. The van der Waals surface area contributed by atoms with E-state index in [9.17, 15) is 4.79 Å². The van der Waals surface area contributed by atoms with E-state index in [0.717, 1.165) is 28.7 Å². The van der Waals surface area contributed by atoms with Crippen molar-refractivity contribution in [2.75, 3.05) is 5.75 Å². The third-order valence-electron chi connectivity index (χ3n) is 4.82. The van der Waals surface area contributed by atoms with Gasteiger partial charge in [-0.1, -0.05) is 61.2 Å². The Labute approximate surface area is 182 Å². The fourth-order valence-corrected chi connectivity index (χ4v) is 3.89. The zero-order valence-electron chi connectivity index (χ0n) is 17.7. The monoisotopic (exact) mass is 424 g/mol. The van der Waals surface area contributed by atoms with Gasteiger partial charge < -0.3 is 14.6 Å². The summed E-state index contributed by atoms with van der Waals surface area (Å²) in [4.78, 5) is 12.4. The molecule has 0 radical (unpaired) electrons. The van der Waals surface area contributed by atoms with Crippen LogP contribution in [-0.4, -0.2) is 26.4 Å². The Kier molecular flexibility index (Phi) is 7.90. The molecule has 0 aliphatic rings. The zero-order valence-corrected chi connectivity index (χ0v) is 18.5. The van der Waals surface area contributed by atoms with Crippen molar-refractivity contribution >= 4 is 17.7 Å². The van der Waals surface area contributed by atoms with Gasteiger partial charge in [-0.25, -0.2) is 0 Å². The summed E-state index contributed by atoms with van der Waals surface area (Å²) in [7, 11) is 0. The van der Waals surface area contributed by atoms with E-state index in [4.69, 9.17) is 4.74 Å². The fraction of sp³-hybridized carbons (Fsp3) is 0.348. The molecule has 1 heterocycles. The first kappa shape index (κ1) is 21.9. The van der Waals surface area contributed by atoms with Crippen LogP contribution in [0.3, 0.4) is 0 Å². The summed E-state index contributed by atoms with van der Waals surface area (Å²) in [6.45, 7) is 7.19. The highest BCUT2D eigenvalue weighted by Gasteiger charge is 2.15. The molecule has 2 aromatic carbocycles. The molecular formula is C23H28N4O2S. The van der Waals surface area contributed by atoms with Crippen LogP contribution in [0.2, 0.25) is 0 Å². The summed E-state index contributed by atoms with van der Waals surface area (Å²) in [5.41, 5.74) is 2.36. The van der Waals surface area contributed by atoms with Crippen LogP contribution in [0, 0.1) is 0 Å². The smallest absolute Gasteiger partial charge is 0.230 e. The Morgan fingerprint density at radius 3 is 2.50 bits per heavy atom. The third kappa shape index (κ3) is 5.86. The van der Waals surface area contributed by atoms with E-state index in [1.54, 1.807) is 0 Å². The van der Waals surface area contributed by atoms with E-state index in [0.29, 0.717) is 13.2 Å². The molecule has 0 fully saturated rings. The first-order chi connectivity index (χ1) is 14.6. The van der Waals surface area contributed by atoms with Gasteiger partial charge in [0.1, 0.15) is 12.4 Å². The normalized spacial score (nSPS) is 11.8. The molecular weight excluding hydrogens is 396 g/mol. The average Bonchev–Trinajstić information content (AvgIpc) is 3.19. The molecule has 1 atom stereocenters. The number of nitrogens with zero attached hydrogens (tertiary/aromatic N) is 3. The summed E-state index contributed by atoms with van der Waals surface area (Å²) in [6, 6.07) is 18.0. The van der Waals surface area contributed by atoms with E-state index in [-0.39, 0.29) is 17.7 Å². The quantitative estimate of drug-likeness (QED) is 0.488. The van der Waals surface area contributed by atoms with Crippen molar-refractivity contribution in [1.29, 1.82) is 0 Å². The van der Waals surface area contributed by atoms with E-state index in [1.807, 2.05) is 60.9 Å². The second-order valence-electron chi connectivity index (χ2n) is 6.92. The molecule has 3 aromatic rings. The molecule has 3 rings (SSSR count). The van der Waals surface area contributed by atoms with E-state index in [2.05, 4.69) is 34.6 Å². The standard InChI is InChI=1S/C23H28N4O2S/c1-4-18-11-13-20(14-12-18)29-15-21-25-26-23(27(21)5-2)30-16-22(28)24-17(3)19-9-7-6-8-10-19/h6-14,17H,4-5,15-16H2,1-3H3,(H,24,28). The van der Waals surface area contributed by atoms with Crippen molar-refractivity contribution in [1.82, 2.24) is 20.1 Å². The van der Waals surface area contributed by atoms with Crippen molar-refractivity contribution in [2.45, 2.75) is 51.5 Å². The number of carbonyl (C=O) groups is 1. The third-order valence-corrected chi connectivity index (χ3v) is 5.79. The molecule has 0 saturated heterocycles. The van der Waals surface area contributed by atoms with Crippen LogP contribution >= 0.6 is 11.8 Å². The molecule has 1 amide bonds.